The summed E-state index contributed by atoms with van der Waals surface area (Å²) in [5.41, 5.74) is 10.2. The fourth-order valence-corrected chi connectivity index (χ4v) is 12.6. The van der Waals surface area contributed by atoms with Crippen LogP contribution in [0.1, 0.15) is 459 Å². The summed E-state index contributed by atoms with van der Waals surface area (Å²) in [6, 6.07) is 0. The van der Waals surface area contributed by atoms with Crippen LogP contribution in [0.3, 0.4) is 0 Å². The normalized spacial score (nSPS) is 19.0. The monoisotopic (exact) mass is 1510 g/mol. The Morgan fingerprint density at radius 3 is 1.02 bits per heavy atom. The van der Waals surface area contributed by atoms with Gasteiger partial charge in [-0.15, -0.1) is 0 Å². The SMILES string of the molecule is CC.CC.CC.CC.CC.CC.CC.CC.CC.CC(C)(C)C1=CC=CCC1.CC(C)(C)C1=CCC=CC1.CC(C)(C)C1=CCCC=C1.CC(C)(C)C1=CCCCC1.CC(C)(C)C1C=CC=CC1.CC(C)(C)C1C=CCC=C1.CC(C)(C)C1C=CCCC1.CC(C)(C)C1CC=CCC1.CC(C)(C)C1CCCCC1. The minimum Gasteiger partial charge on any atom is -0.0885 e. The molecule has 0 spiro atoms. The highest BCUT2D eigenvalue weighted by Gasteiger charge is 2.28. The second-order valence-corrected chi connectivity index (χ2v) is 37.3. The molecule has 3 unspecified atom stereocenters. The van der Waals surface area contributed by atoms with Crippen LogP contribution in [0.4, 0.5) is 0 Å². The van der Waals surface area contributed by atoms with Crippen LogP contribution < -0.4 is 0 Å². The van der Waals surface area contributed by atoms with Crippen molar-refractivity contribution in [3.05, 3.63) is 156 Å². The van der Waals surface area contributed by atoms with Crippen LogP contribution in [0.25, 0.3) is 0 Å². The molecular formula is C108H208. The van der Waals surface area contributed by atoms with E-state index in [1.807, 2.05) is 125 Å². The molecule has 1 saturated carbocycles. The van der Waals surface area contributed by atoms with Crippen molar-refractivity contribution >= 4 is 0 Å². The van der Waals surface area contributed by atoms with Gasteiger partial charge in [0.1, 0.15) is 0 Å². The molecule has 0 aliphatic heterocycles. The molecule has 0 aromatic rings. The smallest absolute Gasteiger partial charge is 0.000465 e. The average Bonchev–Trinajstić information content (AvgIpc) is 0.972. The van der Waals surface area contributed by atoms with Crippen LogP contribution in [0.15, 0.2) is 156 Å². The maximum atomic E-state index is 2.43. The molecule has 108 heavy (non-hydrogen) atoms. The van der Waals surface area contributed by atoms with E-state index in [4.69, 9.17) is 0 Å². The summed E-state index contributed by atoms with van der Waals surface area (Å²) in [5.74, 6) is 4.11. The minimum absolute atomic E-state index is 0.344. The van der Waals surface area contributed by atoms with Gasteiger partial charge in [0.25, 0.3) is 0 Å². The molecule has 9 rings (SSSR count). The van der Waals surface area contributed by atoms with Gasteiger partial charge in [-0.1, -0.05) is 481 Å². The van der Waals surface area contributed by atoms with Crippen molar-refractivity contribution in [1.82, 2.24) is 0 Å². The van der Waals surface area contributed by atoms with Gasteiger partial charge in [-0.3, -0.25) is 0 Å². The predicted octanol–water partition coefficient (Wildman–Crippen LogP) is 39.4. The van der Waals surface area contributed by atoms with E-state index in [9.17, 15) is 0 Å². The average molecular weight is 1510 g/mol. The lowest BCUT2D eigenvalue weighted by atomic mass is 9.72. The van der Waals surface area contributed by atoms with Crippen molar-refractivity contribution in [3.63, 3.8) is 0 Å². The van der Waals surface area contributed by atoms with Gasteiger partial charge < -0.3 is 0 Å². The Hall–Kier alpha value is -3.38. The molecular weight excluding hydrogens is 1300 g/mol. The molecule has 9 aliphatic rings. The molecule has 0 nitrogen and oxygen atoms in total. The van der Waals surface area contributed by atoms with Crippen molar-refractivity contribution in [3.8, 4) is 0 Å². The van der Waals surface area contributed by atoms with Gasteiger partial charge in [-0.05, 0) is 212 Å². The Labute approximate surface area is 689 Å². The summed E-state index contributed by atoms with van der Waals surface area (Å²) >= 11 is 0. The van der Waals surface area contributed by atoms with Crippen molar-refractivity contribution in [1.29, 1.82) is 0 Å². The topological polar surface area (TPSA) is 0 Å². The van der Waals surface area contributed by atoms with E-state index < -0.39 is 0 Å². The van der Waals surface area contributed by atoms with E-state index in [0.717, 1.165) is 42.9 Å². The van der Waals surface area contributed by atoms with Crippen LogP contribution in [0, 0.1) is 78.3 Å². The first-order valence-electron chi connectivity index (χ1n) is 46.2. The van der Waals surface area contributed by atoms with Gasteiger partial charge in [0.2, 0.25) is 0 Å². The van der Waals surface area contributed by atoms with Gasteiger partial charge >= 0.3 is 0 Å². The molecule has 640 valence electrons. The summed E-state index contributed by atoms with van der Waals surface area (Å²) in [6.07, 6.45) is 80.5. The van der Waals surface area contributed by atoms with Crippen LogP contribution in [0.2, 0.25) is 0 Å². The third kappa shape index (κ3) is 70.5. The first-order chi connectivity index (χ1) is 50.4. The molecule has 0 aromatic heterocycles. The molecule has 1 fully saturated rings. The second-order valence-electron chi connectivity index (χ2n) is 37.3. The summed E-state index contributed by atoms with van der Waals surface area (Å²) in [6.45, 7) is 98.2. The van der Waals surface area contributed by atoms with E-state index in [2.05, 4.69) is 321 Å². The Bertz CT molecular complexity index is 2300. The largest absolute Gasteiger partial charge is 0.0885 e. The zero-order valence-electron chi connectivity index (χ0n) is 83.4. The molecule has 0 amide bonds. The minimum atomic E-state index is 0.344. The number of allylic oxidation sites excluding steroid dienone is 26. The molecule has 0 heterocycles. The van der Waals surface area contributed by atoms with Gasteiger partial charge in [0.05, 0.1) is 0 Å². The molecule has 9 aliphatic carbocycles. The first kappa shape index (κ1) is 123. The maximum Gasteiger partial charge on any atom is -0.000465 e. The summed E-state index contributed by atoms with van der Waals surface area (Å²) < 4.78 is 0. The third-order valence-electron chi connectivity index (χ3n) is 19.8. The van der Waals surface area contributed by atoms with E-state index in [1.165, 1.54) is 134 Å². The highest BCUT2D eigenvalue weighted by Crippen LogP contribution is 2.40. The van der Waals surface area contributed by atoms with E-state index >= 15 is 0 Å². The lowest BCUT2D eigenvalue weighted by molar-refractivity contribution is 0.180. The summed E-state index contributed by atoms with van der Waals surface area (Å²) in [5, 5.41) is 0. The van der Waals surface area contributed by atoms with Crippen LogP contribution >= 0.6 is 0 Å². The fraction of sp³-hybridized carbons (Fsp3) is 0.759. The van der Waals surface area contributed by atoms with Gasteiger partial charge in [0, 0.05) is 0 Å². The van der Waals surface area contributed by atoms with E-state index in [-0.39, 0.29) is 0 Å². The molecule has 0 bridgehead atoms. The van der Waals surface area contributed by atoms with Crippen LogP contribution in [0.5, 0.6) is 0 Å². The maximum absolute atomic E-state index is 2.43. The number of hydrogen-bond acceptors (Lipinski definition) is 0. The number of rotatable bonds is 0. The molecule has 0 saturated heterocycles. The summed E-state index contributed by atoms with van der Waals surface area (Å²) in [4.78, 5) is 0. The fourth-order valence-electron chi connectivity index (χ4n) is 12.6. The molecule has 0 aromatic carbocycles. The molecule has 0 N–H and O–H groups in total. The molecule has 0 heteroatoms. The first-order valence-corrected chi connectivity index (χ1v) is 46.2. The van der Waals surface area contributed by atoms with Gasteiger partial charge in [-0.2, -0.15) is 0 Å². The second kappa shape index (κ2) is 72.6. The Kier molecular flexibility index (Phi) is 82.6. The van der Waals surface area contributed by atoms with Gasteiger partial charge in [0.15, 0.2) is 0 Å². The van der Waals surface area contributed by atoms with Crippen molar-refractivity contribution in [2.75, 3.05) is 0 Å². The standard InChI is InChI=1S/C10H20.3C10H18.5C10H16.9C2H6/c9*1-10(2,3)9-7-5-4-6-8-9;9*1-2/h9H,4-8H2,1-3H3;7H,4-6,8H2,1-3H3;5,7,9H,4,6,8H2,1-3H3;4-5,9H,6-8H2,1-3H3;5,7-8H,4,6H2,1-3H3;5-9H,4H2,1-3H3;4-5,8H,6-7H2,1-3H3;4-5,7H,6,8H2,1-3H3;4-7,9H,8H2,1-3H3;9*1-2H3. The molecule has 0 radical (unpaired) electrons. The van der Waals surface area contributed by atoms with Crippen molar-refractivity contribution in [2.24, 2.45) is 78.3 Å². The van der Waals surface area contributed by atoms with Crippen molar-refractivity contribution < 1.29 is 0 Å². The highest BCUT2D eigenvalue weighted by atomic mass is 14.3. The lowest BCUT2D eigenvalue weighted by Crippen LogP contribution is -2.22. The number of hydrogen-bond donors (Lipinski definition) is 0. The quantitative estimate of drug-likeness (QED) is 0.212. The zero-order chi connectivity index (χ0) is 86.5. The zero-order valence-corrected chi connectivity index (χ0v) is 83.4. The van der Waals surface area contributed by atoms with Gasteiger partial charge in [-0.25, -0.2) is 0 Å². The van der Waals surface area contributed by atoms with Crippen molar-refractivity contribution in [2.45, 2.75) is 459 Å². The van der Waals surface area contributed by atoms with E-state index in [1.54, 1.807) is 16.7 Å². The third-order valence-corrected chi connectivity index (χ3v) is 19.8. The van der Waals surface area contributed by atoms with E-state index in [0.29, 0.717) is 54.7 Å². The Morgan fingerprint density at radius 1 is 0.259 bits per heavy atom. The van der Waals surface area contributed by atoms with Crippen LogP contribution in [-0.4, -0.2) is 0 Å². The lowest BCUT2D eigenvalue weighted by Gasteiger charge is -2.33. The molecule has 3 atom stereocenters. The summed E-state index contributed by atoms with van der Waals surface area (Å²) in [7, 11) is 0. The predicted molar refractivity (Wildman–Crippen MR) is 515 cm³/mol. The van der Waals surface area contributed by atoms with Crippen LogP contribution in [-0.2, 0) is 0 Å². The Morgan fingerprint density at radius 2 is 0.769 bits per heavy atom. The highest BCUT2D eigenvalue weighted by molar-refractivity contribution is 5.27. The Balaban J connectivity index is -0.000000142.